The van der Waals surface area contributed by atoms with Crippen LogP contribution in [0.5, 0.6) is 0 Å². The van der Waals surface area contributed by atoms with Crippen molar-refractivity contribution >= 4 is 0 Å². The first kappa shape index (κ1) is 14.1. The molecule has 1 aromatic heterocycles. The van der Waals surface area contributed by atoms with Gasteiger partial charge in [0.2, 0.25) is 11.6 Å². The highest BCUT2D eigenvalue weighted by Gasteiger charge is 2.10. The molecule has 0 fully saturated rings. The van der Waals surface area contributed by atoms with Gasteiger partial charge in [-0.3, -0.25) is 0 Å². The van der Waals surface area contributed by atoms with Gasteiger partial charge in [0.25, 0.3) is 0 Å². The van der Waals surface area contributed by atoms with E-state index in [2.05, 4.69) is 20.4 Å². The van der Waals surface area contributed by atoms with Gasteiger partial charge < -0.3 is 0 Å². The Morgan fingerprint density at radius 2 is 0.727 bits per heavy atom. The third-order valence-electron chi connectivity index (χ3n) is 2.72. The molecule has 0 atom stereocenters. The quantitative estimate of drug-likeness (QED) is 0.682. The van der Waals surface area contributed by atoms with E-state index in [9.17, 15) is 17.6 Å². The number of hydrogen-bond donors (Lipinski definition) is 0. The summed E-state index contributed by atoms with van der Waals surface area (Å²) in [7, 11) is 0. The second-order valence-corrected chi connectivity index (χ2v) is 4.36. The third kappa shape index (κ3) is 2.90. The number of hydrogen-bond acceptors (Lipinski definition) is 4. The fourth-order valence-corrected chi connectivity index (χ4v) is 1.83. The van der Waals surface area contributed by atoms with Crippen LogP contribution in [0.3, 0.4) is 0 Å². The largest absolute Gasteiger partial charge is 0.207 e. The van der Waals surface area contributed by atoms with Gasteiger partial charge in [-0.05, 0) is 24.3 Å². The van der Waals surface area contributed by atoms with Gasteiger partial charge in [0.1, 0.15) is 23.3 Å². The Labute approximate surface area is 121 Å². The van der Waals surface area contributed by atoms with Crippen LogP contribution in [0.1, 0.15) is 0 Å². The summed E-state index contributed by atoms with van der Waals surface area (Å²) >= 11 is 0. The topological polar surface area (TPSA) is 51.6 Å². The SMILES string of the molecule is Fc1cc(F)cc(-c2nnc(-c3cc(F)cc(F)c3)nn2)c1. The minimum atomic E-state index is -0.796. The van der Waals surface area contributed by atoms with Gasteiger partial charge in [-0.1, -0.05) is 0 Å². The van der Waals surface area contributed by atoms with E-state index in [1.54, 1.807) is 0 Å². The molecule has 4 nitrogen and oxygen atoms in total. The Kier molecular flexibility index (Phi) is 3.50. The van der Waals surface area contributed by atoms with Crippen molar-refractivity contribution in [1.29, 1.82) is 0 Å². The molecular formula is C14H6F4N4. The molecule has 0 saturated heterocycles. The lowest BCUT2D eigenvalue weighted by atomic mass is 10.2. The standard InChI is InChI=1S/C14H6F4N4/c15-9-1-7(2-10(16)5-9)13-19-21-14(22-20-13)8-3-11(17)6-12(18)4-8/h1-6H. The maximum Gasteiger partial charge on any atom is 0.203 e. The van der Waals surface area contributed by atoms with Crippen molar-refractivity contribution < 1.29 is 17.6 Å². The number of halogens is 4. The Bertz CT molecular complexity index is 726. The molecule has 0 amide bonds. The van der Waals surface area contributed by atoms with Crippen LogP contribution in [0.2, 0.25) is 0 Å². The first-order valence-corrected chi connectivity index (χ1v) is 6.01. The van der Waals surface area contributed by atoms with Crippen LogP contribution < -0.4 is 0 Å². The van der Waals surface area contributed by atoms with Gasteiger partial charge >= 0.3 is 0 Å². The summed E-state index contributed by atoms with van der Waals surface area (Å²) in [5.41, 5.74) is 0.101. The summed E-state index contributed by atoms with van der Waals surface area (Å²) in [6.45, 7) is 0. The van der Waals surface area contributed by atoms with Crippen molar-refractivity contribution in [1.82, 2.24) is 20.4 Å². The Morgan fingerprint density at radius 1 is 0.455 bits per heavy atom. The number of nitrogens with zero attached hydrogens (tertiary/aromatic N) is 4. The molecule has 0 spiro atoms. The first-order chi connectivity index (χ1) is 10.5. The molecule has 0 N–H and O–H groups in total. The Balaban J connectivity index is 1.98. The summed E-state index contributed by atoms with van der Waals surface area (Å²) in [5, 5.41) is 14.7. The minimum absolute atomic E-state index is 0.0504. The van der Waals surface area contributed by atoms with E-state index in [0.29, 0.717) is 12.1 Å². The van der Waals surface area contributed by atoms with Crippen molar-refractivity contribution in [2.75, 3.05) is 0 Å². The zero-order chi connectivity index (χ0) is 15.7. The number of rotatable bonds is 2. The van der Waals surface area contributed by atoms with Gasteiger partial charge in [0, 0.05) is 23.3 Å². The molecule has 0 aliphatic rings. The van der Waals surface area contributed by atoms with E-state index < -0.39 is 23.3 Å². The zero-order valence-corrected chi connectivity index (χ0v) is 10.8. The molecule has 2 aromatic carbocycles. The predicted octanol–water partition coefficient (Wildman–Crippen LogP) is 3.16. The molecule has 3 aromatic rings. The van der Waals surface area contributed by atoms with Crippen LogP contribution in [0.4, 0.5) is 17.6 Å². The molecular weight excluding hydrogens is 300 g/mol. The molecule has 8 heteroatoms. The summed E-state index contributed by atoms with van der Waals surface area (Å²) < 4.78 is 52.5. The van der Waals surface area contributed by atoms with E-state index in [1.165, 1.54) is 0 Å². The van der Waals surface area contributed by atoms with Crippen LogP contribution >= 0.6 is 0 Å². The summed E-state index contributed by atoms with van der Waals surface area (Å²) in [4.78, 5) is 0. The van der Waals surface area contributed by atoms with E-state index in [1.807, 2.05) is 0 Å². The van der Waals surface area contributed by atoms with Crippen molar-refractivity contribution in [2.45, 2.75) is 0 Å². The molecule has 0 radical (unpaired) electrons. The van der Waals surface area contributed by atoms with E-state index in [0.717, 1.165) is 24.3 Å². The van der Waals surface area contributed by atoms with Crippen molar-refractivity contribution in [2.24, 2.45) is 0 Å². The average molecular weight is 306 g/mol. The average Bonchev–Trinajstić information content (AvgIpc) is 2.45. The normalized spacial score (nSPS) is 10.7. The lowest BCUT2D eigenvalue weighted by Gasteiger charge is -2.02. The first-order valence-electron chi connectivity index (χ1n) is 6.01. The maximum absolute atomic E-state index is 13.1. The van der Waals surface area contributed by atoms with Gasteiger partial charge in [0.05, 0.1) is 0 Å². The smallest absolute Gasteiger partial charge is 0.203 e. The Morgan fingerprint density at radius 3 is 1.00 bits per heavy atom. The minimum Gasteiger partial charge on any atom is -0.207 e. The van der Waals surface area contributed by atoms with Crippen molar-refractivity contribution in [3.8, 4) is 22.8 Å². The molecule has 22 heavy (non-hydrogen) atoms. The van der Waals surface area contributed by atoms with Crippen LogP contribution in [-0.4, -0.2) is 20.4 Å². The van der Waals surface area contributed by atoms with Gasteiger partial charge in [-0.15, -0.1) is 20.4 Å². The van der Waals surface area contributed by atoms with Crippen molar-refractivity contribution in [3.05, 3.63) is 59.7 Å². The molecule has 1 heterocycles. The molecule has 0 unspecified atom stereocenters. The Hall–Kier alpha value is -2.90. The fraction of sp³-hybridized carbons (Fsp3) is 0. The summed E-state index contributed by atoms with van der Waals surface area (Å²) in [5.74, 6) is -3.41. The van der Waals surface area contributed by atoms with Crippen LogP contribution in [-0.2, 0) is 0 Å². The van der Waals surface area contributed by atoms with Gasteiger partial charge in [-0.2, -0.15) is 0 Å². The lowest BCUT2D eigenvalue weighted by Crippen LogP contribution is -2.00. The highest BCUT2D eigenvalue weighted by atomic mass is 19.1. The highest BCUT2D eigenvalue weighted by molar-refractivity contribution is 5.57. The number of aromatic nitrogens is 4. The van der Waals surface area contributed by atoms with Crippen LogP contribution in [0.15, 0.2) is 36.4 Å². The third-order valence-corrected chi connectivity index (χ3v) is 2.72. The molecule has 0 saturated carbocycles. The second-order valence-electron chi connectivity index (χ2n) is 4.36. The lowest BCUT2D eigenvalue weighted by molar-refractivity contribution is 0.582. The summed E-state index contributed by atoms with van der Waals surface area (Å²) in [6.07, 6.45) is 0. The predicted molar refractivity (Wildman–Crippen MR) is 68.3 cm³/mol. The highest BCUT2D eigenvalue weighted by Crippen LogP contribution is 2.19. The summed E-state index contributed by atoms with van der Waals surface area (Å²) in [6, 6.07) is 5.47. The fourth-order valence-electron chi connectivity index (χ4n) is 1.83. The molecule has 0 aliphatic heterocycles. The van der Waals surface area contributed by atoms with E-state index in [-0.39, 0.29) is 22.8 Å². The molecule has 0 aliphatic carbocycles. The molecule has 3 rings (SSSR count). The molecule has 110 valence electrons. The van der Waals surface area contributed by atoms with Crippen LogP contribution in [0.25, 0.3) is 22.8 Å². The number of benzene rings is 2. The maximum atomic E-state index is 13.1. The van der Waals surface area contributed by atoms with Crippen molar-refractivity contribution in [3.63, 3.8) is 0 Å². The monoisotopic (exact) mass is 306 g/mol. The van der Waals surface area contributed by atoms with E-state index >= 15 is 0 Å². The van der Waals surface area contributed by atoms with Crippen LogP contribution in [0, 0.1) is 23.3 Å². The molecule has 0 bridgehead atoms. The van der Waals surface area contributed by atoms with E-state index in [4.69, 9.17) is 0 Å². The zero-order valence-electron chi connectivity index (χ0n) is 10.8. The second kappa shape index (κ2) is 5.47. The van der Waals surface area contributed by atoms with Gasteiger partial charge in [0.15, 0.2) is 0 Å². The van der Waals surface area contributed by atoms with Gasteiger partial charge in [-0.25, -0.2) is 17.6 Å².